The Hall–Kier alpha value is -3.06. The third-order valence-corrected chi connectivity index (χ3v) is 6.99. The van der Waals surface area contributed by atoms with E-state index >= 15 is 0 Å². The summed E-state index contributed by atoms with van der Waals surface area (Å²) in [4.78, 5) is 23.7. The van der Waals surface area contributed by atoms with Crippen LogP contribution in [0.3, 0.4) is 0 Å². The van der Waals surface area contributed by atoms with E-state index in [4.69, 9.17) is 16.3 Å². The Balaban J connectivity index is 1.58. The van der Waals surface area contributed by atoms with Gasteiger partial charge in [0.05, 0.1) is 30.3 Å². The van der Waals surface area contributed by atoms with Gasteiger partial charge in [-0.25, -0.2) is 4.98 Å². The number of ether oxygens (including phenoxy) is 1. The minimum absolute atomic E-state index is 0.0482. The Morgan fingerprint density at radius 2 is 1.76 bits per heavy atom. The lowest BCUT2D eigenvalue weighted by Gasteiger charge is -2.37. The maximum absolute atomic E-state index is 14.4. The second-order valence-electron chi connectivity index (χ2n) is 9.13. The van der Waals surface area contributed by atoms with E-state index in [0.29, 0.717) is 37.9 Å². The fourth-order valence-corrected chi connectivity index (χ4v) is 4.81. The summed E-state index contributed by atoms with van der Waals surface area (Å²) < 4.78 is 88.7. The highest BCUT2D eigenvalue weighted by Crippen LogP contribution is 2.44. The van der Waals surface area contributed by atoms with Gasteiger partial charge in [0.1, 0.15) is 11.5 Å². The van der Waals surface area contributed by atoms with Crippen molar-refractivity contribution in [1.29, 1.82) is 0 Å². The molecule has 0 radical (unpaired) electrons. The summed E-state index contributed by atoms with van der Waals surface area (Å²) in [6.45, 7) is 1.65. The molecule has 2 aliphatic rings. The van der Waals surface area contributed by atoms with Crippen LogP contribution in [0.1, 0.15) is 18.2 Å². The number of alkyl halides is 6. The smallest absolute Gasteiger partial charge is 0.378 e. The van der Waals surface area contributed by atoms with Gasteiger partial charge in [-0.15, -0.1) is 0 Å². The Labute approximate surface area is 211 Å². The molecule has 1 aromatic carbocycles. The largest absolute Gasteiger partial charge is 0.433 e. The standard InChI is InChI=1S/C23H20ClF6N5O2/c1-21(23(28,29)30)12-34-19(36)10-18(33-4-6-37-7-5-33)32-20(34)35(21)11-13-2-3-16-14(8-13)15(24)9-17(31-16)22(25,26)27/h2-3,8-10H,4-7,11-12H2,1H3/t21-/m0/s1. The first kappa shape index (κ1) is 25.6. The summed E-state index contributed by atoms with van der Waals surface area (Å²) in [7, 11) is 0. The molecule has 0 bridgehead atoms. The van der Waals surface area contributed by atoms with Crippen LogP contribution in [0.5, 0.6) is 0 Å². The molecule has 0 aliphatic carbocycles. The van der Waals surface area contributed by atoms with Crippen LogP contribution in [0.4, 0.5) is 38.1 Å². The van der Waals surface area contributed by atoms with Crippen LogP contribution < -0.4 is 15.4 Å². The summed E-state index contributed by atoms with van der Waals surface area (Å²) in [6.07, 6.45) is -9.44. The molecular weight excluding hydrogens is 528 g/mol. The maximum atomic E-state index is 14.4. The van der Waals surface area contributed by atoms with Gasteiger partial charge in [-0.3, -0.25) is 9.36 Å². The third kappa shape index (κ3) is 4.48. The van der Waals surface area contributed by atoms with Crippen LogP contribution in [-0.4, -0.2) is 52.6 Å². The minimum Gasteiger partial charge on any atom is -0.378 e. The highest BCUT2D eigenvalue weighted by molar-refractivity contribution is 6.35. The van der Waals surface area contributed by atoms with Crippen LogP contribution >= 0.6 is 11.6 Å². The zero-order valence-electron chi connectivity index (χ0n) is 19.3. The molecule has 14 heteroatoms. The highest BCUT2D eigenvalue weighted by Gasteiger charge is 2.60. The van der Waals surface area contributed by atoms with Crippen molar-refractivity contribution >= 4 is 34.3 Å². The second kappa shape index (κ2) is 8.76. The first-order chi connectivity index (χ1) is 17.3. The Bertz CT molecular complexity index is 1420. The summed E-state index contributed by atoms with van der Waals surface area (Å²) in [5.74, 6) is 0.104. The normalized spacial score (nSPS) is 20.5. The van der Waals surface area contributed by atoms with Crippen LogP contribution in [-0.2, 0) is 24.0 Å². The fraction of sp³-hybridized carbons (Fsp3) is 0.435. The number of hydrogen-bond acceptors (Lipinski definition) is 6. The van der Waals surface area contributed by atoms with Crippen molar-refractivity contribution in [2.24, 2.45) is 0 Å². The van der Waals surface area contributed by atoms with Gasteiger partial charge in [-0.1, -0.05) is 17.7 Å². The number of morpholine rings is 1. The molecule has 5 rings (SSSR count). The van der Waals surface area contributed by atoms with Crippen LogP contribution in [0.15, 0.2) is 35.1 Å². The molecule has 2 aromatic heterocycles. The van der Waals surface area contributed by atoms with Crippen molar-refractivity contribution in [3.63, 3.8) is 0 Å². The summed E-state index contributed by atoms with van der Waals surface area (Å²) in [5, 5.41) is -0.0731. The van der Waals surface area contributed by atoms with Gasteiger partial charge < -0.3 is 14.5 Å². The molecule has 0 spiro atoms. The molecule has 1 atom stereocenters. The number of halogens is 7. The number of rotatable bonds is 3. The van der Waals surface area contributed by atoms with E-state index in [9.17, 15) is 31.1 Å². The molecule has 0 saturated carbocycles. The molecule has 2 aliphatic heterocycles. The quantitative estimate of drug-likeness (QED) is 0.445. The van der Waals surface area contributed by atoms with E-state index in [2.05, 4.69) is 9.97 Å². The lowest BCUT2D eigenvalue weighted by Crippen LogP contribution is -2.55. The monoisotopic (exact) mass is 547 g/mol. The van der Waals surface area contributed by atoms with Crippen LogP contribution in [0.2, 0.25) is 5.02 Å². The average molecular weight is 548 g/mol. The van der Waals surface area contributed by atoms with Crippen molar-refractivity contribution in [1.82, 2.24) is 14.5 Å². The number of fused-ring (bicyclic) bond motifs is 2. The van der Waals surface area contributed by atoms with Crippen molar-refractivity contribution in [3.05, 3.63) is 57.0 Å². The zero-order chi connectivity index (χ0) is 26.8. The molecule has 0 unspecified atom stereocenters. The Morgan fingerprint density at radius 1 is 1.05 bits per heavy atom. The third-order valence-electron chi connectivity index (χ3n) is 6.68. The molecule has 1 saturated heterocycles. The van der Waals surface area contributed by atoms with Gasteiger partial charge in [0.2, 0.25) is 5.95 Å². The Kier molecular flexibility index (Phi) is 6.06. The van der Waals surface area contributed by atoms with Gasteiger partial charge in [-0.2, -0.15) is 31.3 Å². The lowest BCUT2D eigenvalue weighted by molar-refractivity contribution is -0.182. The topological polar surface area (TPSA) is 63.5 Å². The summed E-state index contributed by atoms with van der Waals surface area (Å²) >= 11 is 6.09. The summed E-state index contributed by atoms with van der Waals surface area (Å²) in [5.41, 5.74) is -3.98. The first-order valence-corrected chi connectivity index (χ1v) is 11.6. The van der Waals surface area contributed by atoms with Gasteiger partial charge in [0.15, 0.2) is 5.54 Å². The number of aromatic nitrogens is 3. The lowest BCUT2D eigenvalue weighted by atomic mass is 9.99. The molecule has 7 nitrogen and oxygen atoms in total. The molecular formula is C23H20ClF6N5O2. The average Bonchev–Trinajstić information content (AvgIpc) is 3.12. The highest BCUT2D eigenvalue weighted by atomic mass is 35.5. The Morgan fingerprint density at radius 3 is 2.41 bits per heavy atom. The predicted molar refractivity (Wildman–Crippen MR) is 124 cm³/mol. The van der Waals surface area contributed by atoms with Crippen LogP contribution in [0.25, 0.3) is 10.9 Å². The molecule has 198 valence electrons. The number of benzene rings is 1. The maximum Gasteiger partial charge on any atom is 0.433 e. The van der Waals surface area contributed by atoms with E-state index in [1.807, 2.05) is 0 Å². The van der Waals surface area contributed by atoms with E-state index < -0.39 is 35.7 Å². The molecule has 4 heterocycles. The van der Waals surface area contributed by atoms with Gasteiger partial charge in [0, 0.05) is 31.1 Å². The molecule has 0 N–H and O–H groups in total. The van der Waals surface area contributed by atoms with Gasteiger partial charge in [0.25, 0.3) is 5.56 Å². The minimum atomic E-state index is -4.73. The van der Waals surface area contributed by atoms with E-state index in [1.54, 1.807) is 4.90 Å². The van der Waals surface area contributed by atoms with Gasteiger partial charge in [-0.05, 0) is 30.7 Å². The van der Waals surface area contributed by atoms with Gasteiger partial charge >= 0.3 is 12.4 Å². The van der Waals surface area contributed by atoms with Crippen LogP contribution in [0, 0.1) is 0 Å². The molecule has 1 fully saturated rings. The van der Waals surface area contributed by atoms with E-state index in [-0.39, 0.29) is 34.2 Å². The zero-order valence-corrected chi connectivity index (χ0v) is 20.1. The molecule has 37 heavy (non-hydrogen) atoms. The SMILES string of the molecule is C[C@@]1(C(F)(F)F)Cn2c(nc(N3CCOCC3)cc2=O)N1Cc1ccc2nc(C(F)(F)F)cc(Cl)c2c1. The second-order valence-corrected chi connectivity index (χ2v) is 9.54. The van der Waals surface area contributed by atoms with Crippen molar-refractivity contribution in [2.45, 2.75) is 37.9 Å². The molecule has 3 aromatic rings. The number of anilines is 2. The van der Waals surface area contributed by atoms with E-state index in [0.717, 1.165) is 16.4 Å². The summed E-state index contributed by atoms with van der Waals surface area (Å²) in [6, 6.07) is 5.95. The molecule has 0 amide bonds. The first-order valence-electron chi connectivity index (χ1n) is 11.2. The van der Waals surface area contributed by atoms with Crippen molar-refractivity contribution in [2.75, 3.05) is 36.1 Å². The van der Waals surface area contributed by atoms with Crippen molar-refractivity contribution < 1.29 is 31.1 Å². The number of pyridine rings is 1. The van der Waals surface area contributed by atoms with E-state index in [1.165, 1.54) is 24.3 Å². The predicted octanol–water partition coefficient (Wildman–Crippen LogP) is 4.64. The van der Waals surface area contributed by atoms with Crippen molar-refractivity contribution in [3.8, 4) is 0 Å². The number of hydrogen-bond donors (Lipinski definition) is 0. The number of nitrogens with zero attached hydrogens (tertiary/aromatic N) is 5. The fourth-order valence-electron chi connectivity index (χ4n) is 4.55.